The first kappa shape index (κ1) is 16.2. The summed E-state index contributed by atoms with van der Waals surface area (Å²) in [5, 5.41) is 0. The Hall–Kier alpha value is -1.14. The monoisotopic (exact) mass is 293 g/mol. The Morgan fingerprint density at radius 2 is 2.00 bits per heavy atom. The van der Waals surface area contributed by atoms with E-state index in [0.717, 1.165) is 0 Å². The molecule has 116 valence electrons. The fraction of sp³-hybridized carbons (Fsp3) is 0.733. The highest BCUT2D eigenvalue weighted by atomic mass is 16.7. The molecule has 21 heavy (non-hydrogen) atoms. The second-order valence-electron chi connectivity index (χ2n) is 7.17. The van der Waals surface area contributed by atoms with E-state index in [1.54, 1.807) is 19.0 Å². The highest BCUT2D eigenvalue weighted by molar-refractivity contribution is 6.51. The lowest BCUT2D eigenvalue weighted by atomic mass is 9.65. The molecule has 5 nitrogen and oxygen atoms in total. The van der Waals surface area contributed by atoms with Gasteiger partial charge in [-0.2, -0.15) is 0 Å². The third kappa shape index (κ3) is 2.92. The maximum atomic E-state index is 12.0. The van der Waals surface area contributed by atoms with Crippen LogP contribution in [0.25, 0.3) is 0 Å². The Bertz CT molecular complexity index is 481. The van der Waals surface area contributed by atoms with Crippen molar-refractivity contribution in [2.45, 2.75) is 51.6 Å². The highest BCUT2D eigenvalue weighted by Crippen LogP contribution is 2.40. The number of hydrogen-bond donors (Lipinski definition) is 0. The summed E-state index contributed by atoms with van der Waals surface area (Å²) in [6.07, 6.45) is 3.75. The summed E-state index contributed by atoms with van der Waals surface area (Å²) in [5.74, 6) is 0.172. The molecule has 2 rings (SSSR count). The van der Waals surface area contributed by atoms with Crippen molar-refractivity contribution < 1.29 is 14.1 Å². The number of likely N-dealkylation sites (N-methyl/N-ethyl adjacent to an activating group) is 1. The maximum Gasteiger partial charge on any atom is 0.704 e. The lowest BCUT2D eigenvalue weighted by Gasteiger charge is -2.28. The van der Waals surface area contributed by atoms with Gasteiger partial charge in [0.25, 0.3) is 5.91 Å². The van der Waals surface area contributed by atoms with Crippen molar-refractivity contribution in [3.05, 3.63) is 11.8 Å². The smallest absolute Gasteiger partial charge is 0.509 e. The van der Waals surface area contributed by atoms with E-state index in [0.29, 0.717) is 5.70 Å². The predicted molar refractivity (Wildman–Crippen MR) is 85.4 cm³/mol. The van der Waals surface area contributed by atoms with Crippen LogP contribution in [0, 0.1) is 5.92 Å². The van der Waals surface area contributed by atoms with Gasteiger partial charge in [-0.3, -0.25) is 9.79 Å². The van der Waals surface area contributed by atoms with Crippen LogP contribution in [0.3, 0.4) is 0 Å². The van der Waals surface area contributed by atoms with E-state index in [4.69, 9.17) is 9.31 Å². The van der Waals surface area contributed by atoms with Gasteiger partial charge in [0.2, 0.25) is 0 Å². The van der Waals surface area contributed by atoms with E-state index in [2.05, 4.69) is 39.6 Å². The molecule has 2 aliphatic heterocycles. The van der Waals surface area contributed by atoms with Crippen LogP contribution in [-0.4, -0.2) is 54.1 Å². The number of aliphatic imine (C=N–C) groups is 1. The lowest BCUT2D eigenvalue weighted by molar-refractivity contribution is -0.124. The first-order valence-electron chi connectivity index (χ1n) is 7.42. The molecule has 0 aromatic carbocycles. The third-order valence-corrected chi connectivity index (χ3v) is 4.71. The first-order chi connectivity index (χ1) is 9.55. The molecule has 0 radical (unpaired) electrons. The first-order valence-corrected chi connectivity index (χ1v) is 7.42. The average molecular weight is 293 g/mol. The van der Waals surface area contributed by atoms with E-state index < -0.39 is 0 Å². The van der Waals surface area contributed by atoms with Crippen LogP contribution in [0.4, 0.5) is 0 Å². The summed E-state index contributed by atoms with van der Waals surface area (Å²) in [7, 11) is 3.26. The number of carbonyl (C=O) groups is 1. The molecule has 0 spiro atoms. The third-order valence-electron chi connectivity index (χ3n) is 4.71. The molecule has 0 aromatic rings. The quantitative estimate of drug-likeness (QED) is 0.574. The molecule has 1 fully saturated rings. The van der Waals surface area contributed by atoms with E-state index >= 15 is 0 Å². The summed E-state index contributed by atoms with van der Waals surface area (Å²) in [6.45, 7) is 10.4. The van der Waals surface area contributed by atoms with Crippen molar-refractivity contribution in [3.63, 3.8) is 0 Å². The van der Waals surface area contributed by atoms with Gasteiger partial charge >= 0.3 is 7.12 Å². The molecule has 1 amide bonds. The summed E-state index contributed by atoms with van der Waals surface area (Å²) >= 11 is 0. The van der Waals surface area contributed by atoms with Crippen molar-refractivity contribution in [3.8, 4) is 0 Å². The van der Waals surface area contributed by atoms with Gasteiger partial charge < -0.3 is 14.2 Å². The maximum absolute atomic E-state index is 12.0. The molecule has 0 aliphatic carbocycles. The molecule has 6 heteroatoms. The number of nitrogens with zero attached hydrogens (tertiary/aromatic N) is 2. The average Bonchev–Trinajstić information content (AvgIpc) is 2.56. The van der Waals surface area contributed by atoms with E-state index in [9.17, 15) is 4.79 Å². The van der Waals surface area contributed by atoms with Crippen LogP contribution in [0.5, 0.6) is 0 Å². The standard InChI is InChI=1S/C15H25BN2O3/c1-10-8-12(13(19)18(6)7)17-9-11(10)16-20-14(2,3)15(4,5)21-16/h8-11H,1-7H3/p+1. The number of carbonyl (C=O) groups excluding carboxylic acids is 1. The van der Waals surface area contributed by atoms with Crippen molar-refractivity contribution in [1.82, 2.24) is 4.90 Å². The summed E-state index contributed by atoms with van der Waals surface area (Å²) in [6, 6.07) is 0. The molecule has 2 aliphatic rings. The molecular weight excluding hydrogens is 267 g/mol. The Balaban J connectivity index is 2.13. The van der Waals surface area contributed by atoms with Crippen molar-refractivity contribution >= 4 is 19.2 Å². The molecule has 1 N–H and O–H groups in total. The Morgan fingerprint density at radius 3 is 2.43 bits per heavy atom. The summed E-state index contributed by atoms with van der Waals surface area (Å²) in [4.78, 5) is 17.8. The van der Waals surface area contributed by atoms with Crippen molar-refractivity contribution in [2.75, 3.05) is 14.1 Å². The number of aliphatic hydroxyl groups is 1. The molecule has 1 saturated heterocycles. The minimum absolute atomic E-state index is 0.0681. The van der Waals surface area contributed by atoms with E-state index in [1.165, 1.54) is 0 Å². The van der Waals surface area contributed by atoms with Gasteiger partial charge in [-0.25, -0.2) is 0 Å². The van der Waals surface area contributed by atoms with Crippen molar-refractivity contribution in [1.29, 1.82) is 0 Å². The molecule has 0 saturated carbocycles. The minimum Gasteiger partial charge on any atom is -0.509 e. The van der Waals surface area contributed by atoms with Gasteiger partial charge in [0.05, 0.1) is 5.82 Å². The van der Waals surface area contributed by atoms with Gasteiger partial charge in [0.15, 0.2) is 5.60 Å². The molecule has 0 aromatic heterocycles. The topological polar surface area (TPSA) is 54.7 Å². The van der Waals surface area contributed by atoms with Gasteiger partial charge in [0.1, 0.15) is 11.3 Å². The zero-order chi connectivity index (χ0) is 16.0. The van der Waals surface area contributed by atoms with Gasteiger partial charge in [0, 0.05) is 34.2 Å². The van der Waals surface area contributed by atoms with E-state index in [1.807, 2.05) is 12.3 Å². The lowest BCUT2D eigenvalue weighted by Crippen LogP contribution is -2.43. The molecule has 2 heterocycles. The van der Waals surface area contributed by atoms with Gasteiger partial charge in [-0.15, -0.1) is 0 Å². The van der Waals surface area contributed by atoms with Gasteiger partial charge in [-0.1, -0.05) is 6.92 Å². The van der Waals surface area contributed by atoms with Crippen LogP contribution in [0.1, 0.15) is 34.6 Å². The Labute approximate surface area is 127 Å². The number of amides is 1. The Morgan fingerprint density at radius 1 is 1.38 bits per heavy atom. The minimum atomic E-state index is -0.297. The van der Waals surface area contributed by atoms with Crippen molar-refractivity contribution in [2.24, 2.45) is 10.9 Å². The van der Waals surface area contributed by atoms with Crippen LogP contribution in [-0.2, 0) is 9.45 Å². The normalized spacial score (nSPS) is 30.2. The zero-order valence-electron chi connectivity index (χ0n) is 14.0. The predicted octanol–water partition coefficient (Wildman–Crippen LogP) is 1.65. The van der Waals surface area contributed by atoms with Crippen LogP contribution >= 0.6 is 0 Å². The fourth-order valence-electron chi connectivity index (χ4n) is 2.50. The molecule has 0 bridgehead atoms. The molecule has 2 atom stereocenters. The summed E-state index contributed by atoms with van der Waals surface area (Å²) in [5.41, 5.74) is -0.0242. The Kier molecular flexibility index (Phi) is 4.06. The summed E-state index contributed by atoms with van der Waals surface area (Å²) < 4.78 is 10.9. The second-order valence-corrected chi connectivity index (χ2v) is 7.17. The molecular formula is C15H26BN2O3+. The van der Waals surface area contributed by atoms with E-state index in [-0.39, 0.29) is 36.0 Å². The number of rotatable bonds is 2. The SMILES string of the molecule is CC1C=C(C(=O)N(C)C)N=CC1B1OC(C)(C)C(C)(C)[OH+]1. The zero-order valence-corrected chi connectivity index (χ0v) is 14.0. The van der Waals surface area contributed by atoms with Crippen LogP contribution in [0.15, 0.2) is 16.8 Å². The molecule has 2 unspecified atom stereocenters. The highest BCUT2D eigenvalue weighted by Gasteiger charge is 2.62. The largest absolute Gasteiger partial charge is 0.704 e. The van der Waals surface area contributed by atoms with Crippen LogP contribution in [0.2, 0.25) is 5.82 Å². The number of hydrogen-bond acceptors (Lipinski definition) is 3. The van der Waals surface area contributed by atoms with Gasteiger partial charge in [-0.05, 0) is 25.8 Å². The van der Waals surface area contributed by atoms with Crippen LogP contribution < -0.4 is 0 Å². The second kappa shape index (κ2) is 5.25. The fourth-order valence-corrected chi connectivity index (χ4v) is 2.50. The number of allylic oxidation sites excluding steroid dienone is 1.